The average molecular weight is 361 g/mol. The number of carbonyl (C=O) groups is 1. The van der Waals surface area contributed by atoms with Gasteiger partial charge >= 0.3 is 5.97 Å². The molecule has 0 radical (unpaired) electrons. The molecule has 2 aromatic rings. The Hall–Kier alpha value is -2.86. The summed E-state index contributed by atoms with van der Waals surface area (Å²) in [6.45, 7) is 4.20. The number of rotatable bonds is 9. The summed E-state index contributed by atoms with van der Waals surface area (Å²) < 4.78 is 5.52. The van der Waals surface area contributed by atoms with Crippen LogP contribution in [0.3, 0.4) is 0 Å². The van der Waals surface area contributed by atoms with Crippen molar-refractivity contribution in [3.8, 4) is 6.07 Å². The van der Waals surface area contributed by atoms with Crippen LogP contribution >= 0.6 is 0 Å². The summed E-state index contributed by atoms with van der Waals surface area (Å²) in [4.78, 5) is 12.5. The number of unbranched alkanes of at least 4 members (excludes halogenated alkanes) is 1. The van der Waals surface area contributed by atoms with E-state index in [9.17, 15) is 10.1 Å². The van der Waals surface area contributed by atoms with Crippen LogP contribution in [0.4, 0.5) is 0 Å². The van der Waals surface area contributed by atoms with Crippen molar-refractivity contribution in [3.05, 3.63) is 77.9 Å². The Bertz CT molecular complexity index is 749. The molecule has 1 atom stereocenters. The molecule has 0 aliphatic carbocycles. The summed E-state index contributed by atoms with van der Waals surface area (Å²) >= 11 is 0. The molecule has 0 bridgehead atoms. The lowest BCUT2D eigenvalue weighted by atomic mass is 9.82. The van der Waals surface area contributed by atoms with Gasteiger partial charge in [0.2, 0.25) is 0 Å². The summed E-state index contributed by atoms with van der Waals surface area (Å²) in [5.74, 6) is -0.415. The van der Waals surface area contributed by atoms with Crippen LogP contribution in [0.1, 0.15) is 50.7 Å². The van der Waals surface area contributed by atoms with Crippen molar-refractivity contribution in [1.82, 2.24) is 0 Å². The van der Waals surface area contributed by atoms with Gasteiger partial charge < -0.3 is 4.74 Å². The number of benzene rings is 2. The maximum atomic E-state index is 12.5. The molecule has 0 aliphatic rings. The third-order valence-corrected chi connectivity index (χ3v) is 4.85. The van der Waals surface area contributed by atoms with E-state index in [0.717, 1.165) is 36.0 Å². The van der Waals surface area contributed by atoms with Gasteiger partial charge in [0.05, 0.1) is 11.5 Å². The lowest BCUT2D eigenvalue weighted by Gasteiger charge is -2.24. The fourth-order valence-electron chi connectivity index (χ4n) is 2.97. The highest BCUT2D eigenvalue weighted by Crippen LogP contribution is 2.29. The van der Waals surface area contributed by atoms with Gasteiger partial charge in [0.1, 0.15) is 6.61 Å². The number of nitriles is 1. The van der Waals surface area contributed by atoms with Crippen molar-refractivity contribution in [2.45, 2.75) is 39.5 Å². The van der Waals surface area contributed by atoms with Crippen molar-refractivity contribution < 1.29 is 9.53 Å². The van der Waals surface area contributed by atoms with Crippen molar-refractivity contribution in [3.63, 3.8) is 0 Å². The summed E-state index contributed by atoms with van der Waals surface area (Å²) in [7, 11) is 0. The van der Waals surface area contributed by atoms with Crippen LogP contribution in [0.2, 0.25) is 0 Å². The summed E-state index contributed by atoms with van der Waals surface area (Å²) in [5, 5.41) is 9.60. The SMILES string of the molecule is CCCCC(C#N)(CC)COC(=O)C=C(c1ccccc1)c1ccccc1. The maximum Gasteiger partial charge on any atom is 0.331 e. The van der Waals surface area contributed by atoms with E-state index in [4.69, 9.17) is 4.74 Å². The molecule has 2 rings (SSSR count). The van der Waals surface area contributed by atoms with Crippen molar-refractivity contribution >= 4 is 11.5 Å². The van der Waals surface area contributed by atoms with Gasteiger partial charge in [-0.3, -0.25) is 0 Å². The lowest BCUT2D eigenvalue weighted by Crippen LogP contribution is -2.26. The minimum Gasteiger partial charge on any atom is -0.461 e. The number of carbonyl (C=O) groups excluding carboxylic acids is 1. The second-order valence-electron chi connectivity index (χ2n) is 6.75. The molecule has 0 fully saturated rings. The minimum absolute atomic E-state index is 0.131. The zero-order valence-electron chi connectivity index (χ0n) is 16.2. The van der Waals surface area contributed by atoms with E-state index < -0.39 is 11.4 Å². The van der Waals surface area contributed by atoms with E-state index >= 15 is 0 Å². The summed E-state index contributed by atoms with van der Waals surface area (Å²) in [6, 6.07) is 21.9. The largest absolute Gasteiger partial charge is 0.461 e. The van der Waals surface area contributed by atoms with E-state index in [-0.39, 0.29) is 6.61 Å². The summed E-state index contributed by atoms with van der Waals surface area (Å²) in [6.07, 6.45) is 4.92. The molecule has 0 saturated carbocycles. The van der Waals surface area contributed by atoms with Crippen LogP contribution in [0.5, 0.6) is 0 Å². The zero-order chi connectivity index (χ0) is 19.5. The van der Waals surface area contributed by atoms with E-state index in [0.29, 0.717) is 6.42 Å². The molecule has 3 nitrogen and oxygen atoms in total. The second kappa shape index (κ2) is 10.3. The van der Waals surface area contributed by atoms with E-state index in [2.05, 4.69) is 13.0 Å². The Morgan fingerprint density at radius 3 is 2.04 bits per heavy atom. The monoisotopic (exact) mass is 361 g/mol. The number of hydrogen-bond acceptors (Lipinski definition) is 3. The zero-order valence-corrected chi connectivity index (χ0v) is 16.2. The molecule has 0 aromatic heterocycles. The topological polar surface area (TPSA) is 50.1 Å². The van der Waals surface area contributed by atoms with Gasteiger partial charge in [-0.2, -0.15) is 5.26 Å². The van der Waals surface area contributed by atoms with Gasteiger partial charge in [-0.05, 0) is 29.5 Å². The smallest absolute Gasteiger partial charge is 0.331 e. The fraction of sp³-hybridized carbons (Fsp3) is 0.333. The first-order valence-corrected chi connectivity index (χ1v) is 9.54. The molecule has 0 amide bonds. The predicted octanol–water partition coefficient (Wildman–Crippen LogP) is 5.77. The van der Waals surface area contributed by atoms with Gasteiger partial charge in [-0.15, -0.1) is 0 Å². The minimum atomic E-state index is -0.598. The highest BCUT2D eigenvalue weighted by Gasteiger charge is 2.29. The first-order valence-electron chi connectivity index (χ1n) is 9.54. The third kappa shape index (κ3) is 5.82. The van der Waals surface area contributed by atoms with Crippen LogP contribution < -0.4 is 0 Å². The van der Waals surface area contributed by atoms with Gasteiger partial charge in [0, 0.05) is 6.08 Å². The molecule has 2 aromatic carbocycles. The maximum absolute atomic E-state index is 12.5. The van der Waals surface area contributed by atoms with Crippen molar-refractivity contribution in [2.75, 3.05) is 6.61 Å². The fourth-order valence-corrected chi connectivity index (χ4v) is 2.97. The van der Waals surface area contributed by atoms with Gasteiger partial charge in [-0.25, -0.2) is 4.79 Å². The van der Waals surface area contributed by atoms with Gasteiger partial charge in [0.25, 0.3) is 0 Å². The average Bonchev–Trinajstić information content (AvgIpc) is 2.74. The molecule has 0 aliphatic heterocycles. The second-order valence-corrected chi connectivity index (χ2v) is 6.75. The van der Waals surface area contributed by atoms with E-state index in [1.165, 1.54) is 6.08 Å². The Morgan fingerprint density at radius 1 is 1.04 bits per heavy atom. The summed E-state index contributed by atoms with van der Waals surface area (Å²) in [5.41, 5.74) is 2.12. The van der Waals surface area contributed by atoms with Gasteiger partial charge in [-0.1, -0.05) is 87.4 Å². The van der Waals surface area contributed by atoms with E-state index in [1.54, 1.807) is 0 Å². The molecular formula is C24H27NO2. The Balaban J connectivity index is 2.21. The molecule has 0 saturated heterocycles. The normalized spacial score (nSPS) is 12.5. The molecule has 0 spiro atoms. The number of ether oxygens (including phenoxy) is 1. The highest BCUT2D eigenvalue weighted by atomic mass is 16.5. The molecule has 140 valence electrons. The van der Waals surface area contributed by atoms with Crippen molar-refractivity contribution in [1.29, 1.82) is 5.26 Å². The first kappa shape index (κ1) is 20.5. The van der Waals surface area contributed by atoms with Crippen LogP contribution in [-0.2, 0) is 9.53 Å². The molecule has 1 unspecified atom stereocenters. The van der Waals surface area contributed by atoms with Crippen LogP contribution in [0.25, 0.3) is 5.57 Å². The lowest BCUT2D eigenvalue weighted by molar-refractivity contribution is -0.140. The highest BCUT2D eigenvalue weighted by molar-refractivity contribution is 5.96. The predicted molar refractivity (Wildman–Crippen MR) is 109 cm³/mol. The Kier molecular flexibility index (Phi) is 7.82. The number of esters is 1. The molecule has 27 heavy (non-hydrogen) atoms. The third-order valence-electron chi connectivity index (χ3n) is 4.85. The Labute approximate surface area is 162 Å². The molecule has 3 heteroatoms. The molecule has 0 N–H and O–H groups in total. The standard InChI is InChI=1S/C24H27NO2/c1-3-5-16-24(4-2,18-25)19-27-23(26)17-22(20-12-8-6-9-13-20)21-14-10-7-11-15-21/h6-15,17H,3-5,16,19H2,1-2H3. The Morgan fingerprint density at radius 2 is 1.59 bits per heavy atom. The van der Waals surface area contributed by atoms with Crippen molar-refractivity contribution in [2.24, 2.45) is 5.41 Å². The van der Waals surface area contributed by atoms with E-state index in [1.807, 2.05) is 67.6 Å². The van der Waals surface area contributed by atoms with Crippen LogP contribution in [0, 0.1) is 16.7 Å². The van der Waals surface area contributed by atoms with Crippen LogP contribution in [-0.4, -0.2) is 12.6 Å². The number of nitrogens with zero attached hydrogens (tertiary/aromatic N) is 1. The first-order chi connectivity index (χ1) is 13.1. The number of hydrogen-bond donors (Lipinski definition) is 0. The van der Waals surface area contributed by atoms with Gasteiger partial charge in [0.15, 0.2) is 0 Å². The van der Waals surface area contributed by atoms with Crippen LogP contribution in [0.15, 0.2) is 66.7 Å². The molecule has 0 heterocycles. The quantitative estimate of drug-likeness (QED) is 0.421. The molecular weight excluding hydrogens is 334 g/mol.